The summed E-state index contributed by atoms with van der Waals surface area (Å²) in [5, 5.41) is 0. The third kappa shape index (κ3) is 4.03. The van der Waals surface area contributed by atoms with Crippen molar-refractivity contribution in [2.24, 2.45) is 0 Å². The molecule has 1 aromatic heterocycles. The van der Waals surface area contributed by atoms with E-state index < -0.39 is 0 Å². The molecule has 1 heterocycles. The monoisotopic (exact) mass is 205 g/mol. The van der Waals surface area contributed by atoms with Crippen molar-refractivity contribution in [3.8, 4) is 0 Å². The fourth-order valence-corrected chi connectivity index (χ4v) is 1.59. The van der Waals surface area contributed by atoms with Crippen LogP contribution in [0.3, 0.4) is 0 Å². The maximum Gasteiger partial charge on any atom is 0.0460 e. The molecule has 0 N–H and O–H groups in total. The fraction of sp³-hybridized carbons (Fsp3) is 0.643. The van der Waals surface area contributed by atoms with Gasteiger partial charge >= 0.3 is 0 Å². The molecule has 15 heavy (non-hydrogen) atoms. The summed E-state index contributed by atoms with van der Waals surface area (Å²) < 4.78 is 0. The Morgan fingerprint density at radius 2 is 1.87 bits per heavy atom. The van der Waals surface area contributed by atoms with E-state index in [1.54, 1.807) is 0 Å². The molecule has 0 spiro atoms. The Morgan fingerprint density at radius 3 is 2.47 bits per heavy atom. The van der Waals surface area contributed by atoms with Gasteiger partial charge in [0.2, 0.25) is 0 Å². The highest BCUT2D eigenvalue weighted by atomic mass is 14.7. The van der Waals surface area contributed by atoms with Gasteiger partial charge in [0.15, 0.2) is 0 Å². The molecular weight excluding hydrogens is 182 g/mol. The molecule has 1 nitrogen and oxygen atoms in total. The molecule has 0 aliphatic heterocycles. The zero-order valence-corrected chi connectivity index (χ0v) is 10.5. The van der Waals surface area contributed by atoms with Crippen LogP contribution in [-0.2, 0) is 11.8 Å². The zero-order valence-electron chi connectivity index (χ0n) is 10.5. The van der Waals surface area contributed by atoms with Crippen molar-refractivity contribution in [1.82, 2.24) is 4.98 Å². The van der Waals surface area contributed by atoms with Gasteiger partial charge in [-0.05, 0) is 25.0 Å². The van der Waals surface area contributed by atoms with Gasteiger partial charge in [-0.15, -0.1) is 0 Å². The molecule has 0 unspecified atom stereocenters. The Hall–Kier alpha value is -0.850. The summed E-state index contributed by atoms with van der Waals surface area (Å²) in [6.45, 7) is 8.88. The number of rotatable bonds is 4. The van der Waals surface area contributed by atoms with E-state index in [1.165, 1.54) is 30.7 Å². The summed E-state index contributed by atoms with van der Waals surface area (Å²) >= 11 is 0. The highest BCUT2D eigenvalue weighted by molar-refractivity contribution is 5.17. The maximum atomic E-state index is 4.72. The molecule has 0 aliphatic rings. The lowest BCUT2D eigenvalue weighted by Gasteiger charge is -2.18. The molecule has 84 valence electrons. The van der Waals surface area contributed by atoms with Crippen LogP contribution in [0.15, 0.2) is 18.2 Å². The number of aryl methyl sites for hydroxylation is 1. The van der Waals surface area contributed by atoms with Crippen LogP contribution in [0.2, 0.25) is 0 Å². The van der Waals surface area contributed by atoms with Crippen molar-refractivity contribution in [2.75, 3.05) is 0 Å². The SMILES string of the molecule is CCCCCc1cccc(C(C)(C)C)n1. The fourth-order valence-electron chi connectivity index (χ4n) is 1.59. The van der Waals surface area contributed by atoms with Crippen molar-refractivity contribution in [1.29, 1.82) is 0 Å². The maximum absolute atomic E-state index is 4.72. The van der Waals surface area contributed by atoms with Gasteiger partial charge in [0.25, 0.3) is 0 Å². The summed E-state index contributed by atoms with van der Waals surface area (Å²) in [5.41, 5.74) is 2.62. The van der Waals surface area contributed by atoms with Crippen LogP contribution in [0.5, 0.6) is 0 Å². The van der Waals surface area contributed by atoms with Crippen LogP contribution >= 0.6 is 0 Å². The number of unbranched alkanes of at least 4 members (excludes halogenated alkanes) is 2. The second kappa shape index (κ2) is 5.29. The minimum atomic E-state index is 0.167. The normalized spacial score (nSPS) is 11.7. The molecule has 0 saturated carbocycles. The van der Waals surface area contributed by atoms with E-state index in [0.717, 1.165) is 6.42 Å². The molecule has 0 fully saturated rings. The van der Waals surface area contributed by atoms with Gasteiger partial charge in [-0.1, -0.05) is 46.6 Å². The molecule has 0 aromatic carbocycles. The molecule has 0 amide bonds. The van der Waals surface area contributed by atoms with Gasteiger partial charge < -0.3 is 0 Å². The minimum absolute atomic E-state index is 0.167. The quantitative estimate of drug-likeness (QED) is 0.674. The van der Waals surface area contributed by atoms with E-state index in [0.29, 0.717) is 0 Å². The number of pyridine rings is 1. The first-order valence-electron chi connectivity index (χ1n) is 6.00. The Morgan fingerprint density at radius 1 is 1.13 bits per heavy atom. The van der Waals surface area contributed by atoms with Crippen LogP contribution < -0.4 is 0 Å². The van der Waals surface area contributed by atoms with Gasteiger partial charge in [-0.2, -0.15) is 0 Å². The van der Waals surface area contributed by atoms with Crippen LogP contribution in [0, 0.1) is 0 Å². The average molecular weight is 205 g/mol. The van der Waals surface area contributed by atoms with E-state index in [9.17, 15) is 0 Å². The van der Waals surface area contributed by atoms with Crippen molar-refractivity contribution in [3.63, 3.8) is 0 Å². The molecule has 0 saturated heterocycles. The first kappa shape index (κ1) is 12.2. The summed E-state index contributed by atoms with van der Waals surface area (Å²) in [6, 6.07) is 6.41. The molecule has 1 rings (SSSR count). The lowest BCUT2D eigenvalue weighted by molar-refractivity contribution is 0.563. The summed E-state index contributed by atoms with van der Waals surface area (Å²) in [4.78, 5) is 4.72. The number of hydrogen-bond donors (Lipinski definition) is 0. The summed E-state index contributed by atoms with van der Waals surface area (Å²) in [7, 11) is 0. The largest absolute Gasteiger partial charge is 0.257 e. The first-order valence-corrected chi connectivity index (χ1v) is 6.00. The topological polar surface area (TPSA) is 12.9 Å². The Kier molecular flexibility index (Phi) is 4.31. The van der Waals surface area contributed by atoms with E-state index >= 15 is 0 Å². The van der Waals surface area contributed by atoms with Gasteiger partial charge in [0, 0.05) is 16.8 Å². The Labute approximate surface area is 93.9 Å². The highest BCUT2D eigenvalue weighted by Gasteiger charge is 2.14. The molecule has 0 bridgehead atoms. The number of hydrogen-bond acceptors (Lipinski definition) is 1. The third-order valence-electron chi connectivity index (χ3n) is 2.61. The molecule has 1 heteroatoms. The molecular formula is C14H23N. The average Bonchev–Trinajstić information content (AvgIpc) is 2.17. The summed E-state index contributed by atoms with van der Waals surface area (Å²) in [6.07, 6.45) is 4.97. The van der Waals surface area contributed by atoms with Crippen LogP contribution in [0.4, 0.5) is 0 Å². The van der Waals surface area contributed by atoms with Crippen LogP contribution in [0.25, 0.3) is 0 Å². The second-order valence-corrected chi connectivity index (χ2v) is 5.22. The van der Waals surface area contributed by atoms with E-state index in [-0.39, 0.29) is 5.41 Å². The lowest BCUT2D eigenvalue weighted by atomic mass is 9.91. The van der Waals surface area contributed by atoms with Gasteiger partial charge in [-0.3, -0.25) is 4.98 Å². The smallest absolute Gasteiger partial charge is 0.0460 e. The number of aromatic nitrogens is 1. The van der Waals surface area contributed by atoms with Gasteiger partial charge in [-0.25, -0.2) is 0 Å². The van der Waals surface area contributed by atoms with E-state index in [2.05, 4.69) is 45.9 Å². The second-order valence-electron chi connectivity index (χ2n) is 5.22. The minimum Gasteiger partial charge on any atom is -0.257 e. The predicted molar refractivity (Wildman–Crippen MR) is 66.2 cm³/mol. The van der Waals surface area contributed by atoms with Crippen molar-refractivity contribution < 1.29 is 0 Å². The van der Waals surface area contributed by atoms with E-state index in [1.807, 2.05) is 0 Å². The Bertz CT molecular complexity index is 296. The molecule has 0 atom stereocenters. The molecule has 1 aromatic rings. The lowest BCUT2D eigenvalue weighted by Crippen LogP contribution is -2.14. The van der Waals surface area contributed by atoms with Gasteiger partial charge in [0.1, 0.15) is 0 Å². The van der Waals surface area contributed by atoms with Gasteiger partial charge in [0.05, 0.1) is 0 Å². The van der Waals surface area contributed by atoms with E-state index in [4.69, 9.17) is 4.98 Å². The number of nitrogens with zero attached hydrogens (tertiary/aromatic N) is 1. The highest BCUT2D eigenvalue weighted by Crippen LogP contribution is 2.20. The van der Waals surface area contributed by atoms with Crippen LogP contribution in [0.1, 0.15) is 58.3 Å². The van der Waals surface area contributed by atoms with Crippen LogP contribution in [-0.4, -0.2) is 4.98 Å². The zero-order chi connectivity index (χ0) is 11.3. The Balaban J connectivity index is 2.66. The third-order valence-corrected chi connectivity index (χ3v) is 2.61. The molecule has 0 radical (unpaired) electrons. The van der Waals surface area contributed by atoms with Crippen molar-refractivity contribution >= 4 is 0 Å². The predicted octanol–water partition coefficient (Wildman–Crippen LogP) is 4.11. The summed E-state index contributed by atoms with van der Waals surface area (Å²) in [5.74, 6) is 0. The first-order chi connectivity index (χ1) is 7.04. The van der Waals surface area contributed by atoms with Crippen molar-refractivity contribution in [2.45, 2.75) is 58.8 Å². The van der Waals surface area contributed by atoms with Crippen molar-refractivity contribution in [3.05, 3.63) is 29.6 Å². The standard InChI is InChI=1S/C14H23N/c1-5-6-7-9-12-10-8-11-13(15-12)14(2,3)4/h8,10-11H,5-7,9H2,1-4H3. The molecule has 0 aliphatic carbocycles.